The number of hydrogen-bond donors (Lipinski definition) is 0. The van der Waals surface area contributed by atoms with Crippen LogP contribution in [0.25, 0.3) is 6.08 Å². The SMILES string of the molecule is CCOc1cc(/C=C/C(=O)N2CCCCC2C2OCCO2)cc(Cl)c1OC. The molecule has 1 amide bonds. The molecule has 148 valence electrons. The molecule has 1 aromatic carbocycles. The number of halogens is 1. The topological polar surface area (TPSA) is 57.2 Å². The van der Waals surface area contributed by atoms with E-state index in [1.165, 1.54) is 0 Å². The molecule has 0 spiro atoms. The lowest BCUT2D eigenvalue weighted by molar-refractivity contribution is -0.145. The summed E-state index contributed by atoms with van der Waals surface area (Å²) in [6, 6.07) is 3.54. The molecule has 2 fully saturated rings. The van der Waals surface area contributed by atoms with Gasteiger partial charge in [0.1, 0.15) is 0 Å². The molecule has 3 rings (SSSR count). The molecule has 27 heavy (non-hydrogen) atoms. The van der Waals surface area contributed by atoms with Gasteiger partial charge in [-0.05, 0) is 50.0 Å². The normalized spacial score (nSPS) is 21.0. The van der Waals surface area contributed by atoms with Crippen LogP contribution in [0.3, 0.4) is 0 Å². The third-order valence-corrected chi connectivity index (χ3v) is 5.03. The fourth-order valence-electron chi connectivity index (χ4n) is 3.52. The van der Waals surface area contributed by atoms with Gasteiger partial charge in [0.05, 0.1) is 38.0 Å². The summed E-state index contributed by atoms with van der Waals surface area (Å²) in [6.45, 7) is 4.27. The van der Waals surface area contributed by atoms with Gasteiger partial charge in [-0.15, -0.1) is 0 Å². The predicted octanol–water partition coefficient (Wildman–Crippen LogP) is 3.51. The molecule has 2 aliphatic heterocycles. The van der Waals surface area contributed by atoms with Crippen molar-refractivity contribution >= 4 is 23.6 Å². The maximum atomic E-state index is 12.8. The van der Waals surface area contributed by atoms with Crippen molar-refractivity contribution in [3.63, 3.8) is 0 Å². The third-order valence-electron chi connectivity index (χ3n) is 4.75. The Hall–Kier alpha value is -1.76. The first-order valence-corrected chi connectivity index (χ1v) is 9.74. The van der Waals surface area contributed by atoms with Gasteiger partial charge in [0.2, 0.25) is 5.91 Å². The minimum atomic E-state index is -0.317. The van der Waals surface area contributed by atoms with E-state index < -0.39 is 0 Å². The van der Waals surface area contributed by atoms with Crippen molar-refractivity contribution in [1.82, 2.24) is 4.90 Å². The quantitative estimate of drug-likeness (QED) is 0.690. The van der Waals surface area contributed by atoms with E-state index in [9.17, 15) is 4.79 Å². The van der Waals surface area contributed by atoms with E-state index in [4.69, 9.17) is 30.5 Å². The van der Waals surface area contributed by atoms with E-state index in [0.717, 1.165) is 24.8 Å². The summed E-state index contributed by atoms with van der Waals surface area (Å²) in [7, 11) is 1.55. The van der Waals surface area contributed by atoms with E-state index in [1.807, 2.05) is 17.9 Å². The van der Waals surface area contributed by atoms with Crippen LogP contribution >= 0.6 is 11.6 Å². The second kappa shape index (κ2) is 9.44. The number of carbonyl (C=O) groups is 1. The van der Waals surface area contributed by atoms with Crippen LogP contribution in [-0.2, 0) is 14.3 Å². The average Bonchev–Trinajstić information content (AvgIpc) is 3.21. The number of rotatable bonds is 6. The van der Waals surface area contributed by atoms with E-state index in [0.29, 0.717) is 42.9 Å². The molecule has 0 aromatic heterocycles. The van der Waals surface area contributed by atoms with Crippen molar-refractivity contribution in [2.75, 3.05) is 33.5 Å². The number of methoxy groups -OCH3 is 1. The van der Waals surface area contributed by atoms with Crippen molar-refractivity contribution in [3.05, 3.63) is 28.8 Å². The van der Waals surface area contributed by atoms with E-state index in [2.05, 4.69) is 0 Å². The molecule has 0 radical (unpaired) electrons. The first kappa shape index (κ1) is 20.0. The van der Waals surface area contributed by atoms with Gasteiger partial charge in [0.25, 0.3) is 0 Å². The van der Waals surface area contributed by atoms with E-state index in [-0.39, 0.29) is 18.2 Å². The van der Waals surface area contributed by atoms with Gasteiger partial charge in [-0.1, -0.05) is 11.6 Å². The number of benzene rings is 1. The Morgan fingerprint density at radius 2 is 2.11 bits per heavy atom. The Bertz CT molecular complexity index is 687. The number of piperidine rings is 1. The smallest absolute Gasteiger partial charge is 0.246 e. The summed E-state index contributed by atoms with van der Waals surface area (Å²) in [5.41, 5.74) is 0.777. The number of nitrogens with zero attached hydrogens (tertiary/aromatic N) is 1. The number of amides is 1. The fourth-order valence-corrected chi connectivity index (χ4v) is 3.82. The van der Waals surface area contributed by atoms with Crippen LogP contribution in [0, 0.1) is 0 Å². The van der Waals surface area contributed by atoms with Crippen LogP contribution in [0.4, 0.5) is 0 Å². The summed E-state index contributed by atoms with van der Waals surface area (Å²) in [4.78, 5) is 14.6. The number of ether oxygens (including phenoxy) is 4. The molecule has 2 saturated heterocycles. The second-order valence-electron chi connectivity index (χ2n) is 6.51. The maximum absolute atomic E-state index is 12.8. The first-order chi connectivity index (χ1) is 13.1. The summed E-state index contributed by atoms with van der Waals surface area (Å²) in [5, 5.41) is 0.444. The summed E-state index contributed by atoms with van der Waals surface area (Å²) >= 11 is 6.28. The molecule has 0 bridgehead atoms. The van der Waals surface area contributed by atoms with Gasteiger partial charge in [-0.3, -0.25) is 4.79 Å². The molecule has 1 aromatic rings. The van der Waals surface area contributed by atoms with Crippen molar-refractivity contribution in [3.8, 4) is 11.5 Å². The molecule has 0 N–H and O–H groups in total. The molecule has 1 atom stereocenters. The molecule has 2 aliphatic rings. The molecular formula is C20H26ClNO5. The van der Waals surface area contributed by atoms with Crippen LogP contribution in [-0.4, -0.2) is 56.6 Å². The first-order valence-electron chi connectivity index (χ1n) is 9.36. The standard InChI is InChI=1S/C20H26ClNO5/c1-3-25-17-13-14(12-15(21)19(17)24-2)7-8-18(23)22-9-5-4-6-16(22)20-26-10-11-27-20/h7-8,12-13,16,20H,3-6,9-11H2,1-2H3/b8-7+. The minimum Gasteiger partial charge on any atom is -0.491 e. The molecule has 0 saturated carbocycles. The highest BCUT2D eigenvalue weighted by atomic mass is 35.5. The number of likely N-dealkylation sites (tertiary alicyclic amines) is 1. The lowest BCUT2D eigenvalue weighted by atomic mass is 10.0. The second-order valence-corrected chi connectivity index (χ2v) is 6.91. The zero-order valence-corrected chi connectivity index (χ0v) is 16.5. The van der Waals surface area contributed by atoms with Crippen LogP contribution in [0.5, 0.6) is 11.5 Å². The predicted molar refractivity (Wildman–Crippen MR) is 103 cm³/mol. The molecule has 6 nitrogen and oxygen atoms in total. The van der Waals surface area contributed by atoms with Gasteiger partial charge in [0, 0.05) is 12.6 Å². The van der Waals surface area contributed by atoms with Gasteiger partial charge >= 0.3 is 0 Å². The Morgan fingerprint density at radius 3 is 2.81 bits per heavy atom. The van der Waals surface area contributed by atoms with Crippen molar-refractivity contribution in [2.45, 2.75) is 38.5 Å². The van der Waals surface area contributed by atoms with Crippen LogP contribution < -0.4 is 9.47 Å². The van der Waals surface area contributed by atoms with Gasteiger partial charge in [-0.2, -0.15) is 0 Å². The van der Waals surface area contributed by atoms with Crippen molar-refractivity contribution < 1.29 is 23.7 Å². The Balaban J connectivity index is 1.75. The number of hydrogen-bond acceptors (Lipinski definition) is 5. The summed E-state index contributed by atoms with van der Waals surface area (Å²) < 4.78 is 22.1. The van der Waals surface area contributed by atoms with Gasteiger partial charge in [-0.25, -0.2) is 0 Å². The molecular weight excluding hydrogens is 370 g/mol. The lowest BCUT2D eigenvalue weighted by Gasteiger charge is -2.37. The summed E-state index contributed by atoms with van der Waals surface area (Å²) in [6.07, 6.45) is 5.97. The van der Waals surface area contributed by atoms with Crippen LogP contribution in [0.15, 0.2) is 18.2 Å². The number of carbonyl (C=O) groups excluding carboxylic acids is 1. The van der Waals surface area contributed by atoms with E-state index >= 15 is 0 Å². The molecule has 1 unspecified atom stereocenters. The van der Waals surface area contributed by atoms with Crippen molar-refractivity contribution in [1.29, 1.82) is 0 Å². The zero-order valence-electron chi connectivity index (χ0n) is 15.8. The highest BCUT2D eigenvalue weighted by Crippen LogP contribution is 2.36. The minimum absolute atomic E-state index is 0.0307. The Morgan fingerprint density at radius 1 is 1.33 bits per heavy atom. The molecule has 7 heteroatoms. The summed E-state index contributed by atoms with van der Waals surface area (Å²) in [5.74, 6) is 1.00. The van der Waals surface area contributed by atoms with Crippen LogP contribution in [0.2, 0.25) is 5.02 Å². The van der Waals surface area contributed by atoms with Gasteiger partial charge < -0.3 is 23.8 Å². The highest BCUT2D eigenvalue weighted by molar-refractivity contribution is 6.32. The maximum Gasteiger partial charge on any atom is 0.246 e. The van der Waals surface area contributed by atoms with E-state index in [1.54, 1.807) is 25.3 Å². The van der Waals surface area contributed by atoms with Crippen molar-refractivity contribution in [2.24, 2.45) is 0 Å². The third kappa shape index (κ3) is 4.75. The fraction of sp³-hybridized carbons (Fsp3) is 0.550. The largest absolute Gasteiger partial charge is 0.491 e. The molecule has 0 aliphatic carbocycles. The van der Waals surface area contributed by atoms with Gasteiger partial charge in [0.15, 0.2) is 17.8 Å². The lowest BCUT2D eigenvalue weighted by Crippen LogP contribution is -2.49. The monoisotopic (exact) mass is 395 g/mol. The van der Waals surface area contributed by atoms with Crippen LogP contribution in [0.1, 0.15) is 31.7 Å². The highest BCUT2D eigenvalue weighted by Gasteiger charge is 2.35. The Labute approximate surface area is 165 Å². The zero-order chi connectivity index (χ0) is 19.2. The molecule has 2 heterocycles. The average molecular weight is 396 g/mol. The Kier molecular flexibility index (Phi) is 6.99.